The van der Waals surface area contributed by atoms with Crippen LogP contribution in [0.2, 0.25) is 0 Å². The van der Waals surface area contributed by atoms with E-state index in [4.69, 9.17) is 4.74 Å². The van der Waals surface area contributed by atoms with Crippen molar-refractivity contribution < 1.29 is 17.9 Å². The van der Waals surface area contributed by atoms with Crippen LogP contribution in [0.3, 0.4) is 0 Å². The van der Waals surface area contributed by atoms with Gasteiger partial charge in [0, 0.05) is 23.2 Å². The maximum absolute atomic E-state index is 12.6. The molecule has 0 saturated carbocycles. The number of ether oxygens (including phenoxy) is 1. The number of hydrogen-bond acceptors (Lipinski definition) is 4. The Morgan fingerprint density at radius 2 is 2.00 bits per heavy atom. The molecular weight excluding hydrogens is 444 g/mol. The molecule has 6 nitrogen and oxygen atoms in total. The molecule has 150 valence electrons. The third-order valence-corrected chi connectivity index (χ3v) is 6.60. The van der Waals surface area contributed by atoms with Crippen molar-refractivity contribution in [2.24, 2.45) is 0 Å². The highest BCUT2D eigenvalue weighted by atomic mass is 79.9. The summed E-state index contributed by atoms with van der Waals surface area (Å²) in [4.78, 5) is 12.7. The number of carbonyl (C=O) groups excluding carboxylic acids is 1. The van der Waals surface area contributed by atoms with Gasteiger partial charge in [-0.25, -0.2) is 13.1 Å². The van der Waals surface area contributed by atoms with Crippen molar-refractivity contribution in [3.8, 4) is 0 Å². The molecule has 2 unspecified atom stereocenters. The molecule has 8 heteroatoms. The van der Waals surface area contributed by atoms with Gasteiger partial charge in [0.15, 0.2) is 0 Å². The van der Waals surface area contributed by atoms with Crippen molar-refractivity contribution in [1.29, 1.82) is 0 Å². The maximum Gasteiger partial charge on any atom is 0.251 e. The zero-order valence-corrected chi connectivity index (χ0v) is 17.9. The predicted molar refractivity (Wildman–Crippen MR) is 111 cm³/mol. The molecular formula is C20H23BrN2O4S. The van der Waals surface area contributed by atoms with Crippen LogP contribution in [0.15, 0.2) is 57.9 Å². The summed E-state index contributed by atoms with van der Waals surface area (Å²) in [6.07, 6.45) is 1.70. The van der Waals surface area contributed by atoms with E-state index < -0.39 is 10.0 Å². The van der Waals surface area contributed by atoms with Crippen molar-refractivity contribution in [3.63, 3.8) is 0 Å². The summed E-state index contributed by atoms with van der Waals surface area (Å²) in [6.45, 7) is 2.78. The van der Waals surface area contributed by atoms with Gasteiger partial charge in [-0.15, -0.1) is 0 Å². The van der Waals surface area contributed by atoms with E-state index in [1.54, 1.807) is 12.1 Å². The summed E-state index contributed by atoms with van der Waals surface area (Å²) in [6, 6.07) is 13.5. The Morgan fingerprint density at radius 1 is 1.25 bits per heavy atom. The first-order valence-electron chi connectivity index (χ1n) is 9.13. The summed E-state index contributed by atoms with van der Waals surface area (Å²) in [7, 11) is -3.70. The van der Waals surface area contributed by atoms with Gasteiger partial charge >= 0.3 is 0 Å². The van der Waals surface area contributed by atoms with Crippen LogP contribution in [0.25, 0.3) is 0 Å². The lowest BCUT2D eigenvalue weighted by atomic mass is 10.1. The second kappa shape index (κ2) is 9.17. The van der Waals surface area contributed by atoms with E-state index in [2.05, 4.69) is 26.0 Å². The van der Waals surface area contributed by atoms with Crippen LogP contribution in [0.4, 0.5) is 0 Å². The van der Waals surface area contributed by atoms with Gasteiger partial charge in [0.05, 0.1) is 17.0 Å². The molecule has 1 saturated heterocycles. The normalized spacial score (nSPS) is 18.0. The molecule has 0 spiro atoms. The zero-order valence-electron chi connectivity index (χ0n) is 15.5. The smallest absolute Gasteiger partial charge is 0.251 e. The van der Waals surface area contributed by atoms with Crippen LogP contribution in [0, 0.1) is 0 Å². The van der Waals surface area contributed by atoms with E-state index in [9.17, 15) is 13.2 Å². The molecule has 0 bridgehead atoms. The first kappa shape index (κ1) is 21.0. The molecule has 2 atom stereocenters. The molecule has 2 aromatic carbocycles. The molecule has 2 aromatic rings. The van der Waals surface area contributed by atoms with Crippen LogP contribution in [-0.2, 0) is 14.8 Å². The van der Waals surface area contributed by atoms with Crippen molar-refractivity contribution in [3.05, 3.63) is 64.1 Å². The van der Waals surface area contributed by atoms with Gasteiger partial charge in [0.2, 0.25) is 10.0 Å². The molecule has 0 aromatic heterocycles. The number of nitrogens with one attached hydrogen (secondary N) is 2. The average Bonchev–Trinajstić information content (AvgIpc) is 3.21. The summed E-state index contributed by atoms with van der Waals surface area (Å²) in [5, 5.41) is 2.90. The van der Waals surface area contributed by atoms with E-state index in [-0.39, 0.29) is 29.5 Å². The van der Waals surface area contributed by atoms with Crippen molar-refractivity contribution in [2.45, 2.75) is 36.8 Å². The summed E-state index contributed by atoms with van der Waals surface area (Å²) < 4.78 is 34.0. The lowest BCUT2D eigenvalue weighted by molar-refractivity contribution is 0.0939. The third-order valence-electron chi connectivity index (χ3n) is 4.65. The molecule has 1 fully saturated rings. The number of benzene rings is 2. The molecule has 0 radical (unpaired) electrons. The van der Waals surface area contributed by atoms with Gasteiger partial charge in [0.1, 0.15) is 0 Å². The van der Waals surface area contributed by atoms with Gasteiger partial charge in [-0.1, -0.05) is 34.1 Å². The first-order valence-corrected chi connectivity index (χ1v) is 11.4. The van der Waals surface area contributed by atoms with Crippen molar-refractivity contribution in [1.82, 2.24) is 10.0 Å². The SMILES string of the molecule is CC(NC(=O)c1cccc(S(=O)(=O)NCC2CCCO2)c1)c1ccc(Br)cc1. The third kappa shape index (κ3) is 5.41. The van der Waals surface area contributed by atoms with E-state index in [0.717, 1.165) is 22.9 Å². The van der Waals surface area contributed by atoms with Crippen LogP contribution >= 0.6 is 15.9 Å². The van der Waals surface area contributed by atoms with E-state index in [1.807, 2.05) is 31.2 Å². The Labute approximate surface area is 173 Å². The van der Waals surface area contributed by atoms with Crippen LogP contribution in [0.5, 0.6) is 0 Å². The Kier molecular flexibility index (Phi) is 6.87. The van der Waals surface area contributed by atoms with Crippen molar-refractivity contribution in [2.75, 3.05) is 13.2 Å². The lowest BCUT2D eigenvalue weighted by Gasteiger charge is -2.15. The number of carbonyl (C=O) groups is 1. The number of rotatable bonds is 7. The molecule has 1 amide bonds. The Bertz CT molecular complexity index is 925. The number of halogens is 1. The van der Waals surface area contributed by atoms with Crippen LogP contribution in [0.1, 0.15) is 41.7 Å². The van der Waals surface area contributed by atoms with E-state index in [1.165, 1.54) is 12.1 Å². The predicted octanol–water partition coefficient (Wildman–Crippen LogP) is 3.40. The molecule has 3 rings (SSSR count). The molecule has 1 aliphatic heterocycles. The fourth-order valence-corrected chi connectivity index (χ4v) is 4.39. The highest BCUT2D eigenvalue weighted by Crippen LogP contribution is 2.18. The fraction of sp³-hybridized carbons (Fsp3) is 0.350. The van der Waals surface area contributed by atoms with Crippen LogP contribution in [-0.4, -0.2) is 33.6 Å². The lowest BCUT2D eigenvalue weighted by Crippen LogP contribution is -2.32. The number of sulfonamides is 1. The van der Waals surface area contributed by atoms with E-state index in [0.29, 0.717) is 12.2 Å². The molecule has 28 heavy (non-hydrogen) atoms. The second-order valence-electron chi connectivity index (χ2n) is 6.76. The molecule has 1 heterocycles. The van der Waals surface area contributed by atoms with Gasteiger partial charge in [-0.3, -0.25) is 4.79 Å². The number of amides is 1. The minimum atomic E-state index is -3.70. The maximum atomic E-state index is 12.6. The van der Waals surface area contributed by atoms with Gasteiger partial charge in [-0.2, -0.15) is 0 Å². The van der Waals surface area contributed by atoms with Crippen molar-refractivity contribution >= 4 is 31.9 Å². The van der Waals surface area contributed by atoms with Gasteiger partial charge in [-0.05, 0) is 55.7 Å². The Balaban J connectivity index is 1.67. The van der Waals surface area contributed by atoms with Crippen LogP contribution < -0.4 is 10.0 Å². The topological polar surface area (TPSA) is 84.5 Å². The molecule has 1 aliphatic rings. The fourth-order valence-electron chi connectivity index (χ4n) is 3.01. The average molecular weight is 467 g/mol. The largest absolute Gasteiger partial charge is 0.377 e. The van der Waals surface area contributed by atoms with E-state index >= 15 is 0 Å². The highest BCUT2D eigenvalue weighted by molar-refractivity contribution is 9.10. The van der Waals surface area contributed by atoms with Gasteiger partial charge < -0.3 is 10.1 Å². The van der Waals surface area contributed by atoms with Gasteiger partial charge in [0.25, 0.3) is 5.91 Å². The monoisotopic (exact) mass is 466 g/mol. The second-order valence-corrected chi connectivity index (χ2v) is 9.44. The first-order chi connectivity index (χ1) is 13.3. The quantitative estimate of drug-likeness (QED) is 0.654. The standard InChI is InChI=1S/C20H23BrN2O4S/c1-14(15-7-9-17(21)10-8-15)23-20(24)16-4-2-6-19(12-16)28(25,26)22-13-18-5-3-11-27-18/h2,4,6-10,12,14,18,22H,3,5,11,13H2,1H3,(H,23,24). The zero-order chi connectivity index (χ0) is 20.1. The summed E-state index contributed by atoms with van der Waals surface area (Å²) in [5.41, 5.74) is 1.25. The Hall–Kier alpha value is -1.74. The number of hydrogen-bond donors (Lipinski definition) is 2. The Morgan fingerprint density at radius 3 is 2.68 bits per heavy atom. The minimum Gasteiger partial charge on any atom is -0.377 e. The molecule has 0 aliphatic carbocycles. The molecule has 2 N–H and O–H groups in total. The summed E-state index contributed by atoms with van der Waals surface area (Å²) >= 11 is 3.38. The summed E-state index contributed by atoms with van der Waals surface area (Å²) in [5.74, 6) is -0.327. The minimum absolute atomic E-state index is 0.0643. The highest BCUT2D eigenvalue weighted by Gasteiger charge is 2.21.